The van der Waals surface area contributed by atoms with E-state index in [2.05, 4.69) is 0 Å². The number of ketones is 1. The molecule has 0 aliphatic rings. The first kappa shape index (κ1) is 25.3. The van der Waals surface area contributed by atoms with Crippen molar-refractivity contribution in [2.45, 2.75) is 26.9 Å². The van der Waals surface area contributed by atoms with Crippen molar-refractivity contribution in [2.75, 3.05) is 20.8 Å². The van der Waals surface area contributed by atoms with E-state index < -0.39 is 6.10 Å². The molecule has 1 aromatic heterocycles. The van der Waals surface area contributed by atoms with Crippen molar-refractivity contribution in [3.63, 3.8) is 0 Å². The van der Waals surface area contributed by atoms with Gasteiger partial charge in [0.05, 0.1) is 19.3 Å². The van der Waals surface area contributed by atoms with Gasteiger partial charge in [0.15, 0.2) is 5.76 Å². The van der Waals surface area contributed by atoms with Crippen molar-refractivity contribution < 1.29 is 23.4 Å². The lowest BCUT2D eigenvalue weighted by Gasteiger charge is -2.16. The highest BCUT2D eigenvalue weighted by atomic mass is 32.2. The number of rotatable bonds is 9. The average Bonchev–Trinajstić information content (AvgIpc) is 3.32. The molecule has 0 aliphatic heterocycles. The fourth-order valence-corrected chi connectivity index (χ4v) is 4.05. The third kappa shape index (κ3) is 5.58. The number of methoxy groups -OCH3 is 2. The SMILES string of the molecule is CCOC(C(=O)c1ccc(-c2cc(OC)c(C)c(OC)c2)o1)c1ccc(C(=N)SC(C)=N)cc1. The largest absolute Gasteiger partial charge is 0.496 e. The van der Waals surface area contributed by atoms with Gasteiger partial charge in [-0.05, 0) is 50.6 Å². The highest BCUT2D eigenvalue weighted by molar-refractivity contribution is 8.26. The Bertz CT molecular complexity index is 1180. The number of furan rings is 1. The first-order valence-electron chi connectivity index (χ1n) is 10.7. The van der Waals surface area contributed by atoms with Crippen molar-refractivity contribution in [1.82, 2.24) is 0 Å². The zero-order valence-electron chi connectivity index (χ0n) is 19.9. The van der Waals surface area contributed by atoms with Crippen LogP contribution in [0.2, 0.25) is 0 Å². The molecule has 0 bridgehead atoms. The molecule has 0 saturated heterocycles. The third-order valence-corrected chi connectivity index (χ3v) is 5.93. The number of thioether (sulfide) groups is 1. The van der Waals surface area contributed by atoms with Crippen LogP contribution in [0.25, 0.3) is 11.3 Å². The van der Waals surface area contributed by atoms with Crippen LogP contribution in [0.5, 0.6) is 11.5 Å². The first-order chi connectivity index (χ1) is 16.3. The van der Waals surface area contributed by atoms with Gasteiger partial charge in [-0.25, -0.2) is 0 Å². The van der Waals surface area contributed by atoms with Crippen molar-refractivity contribution in [3.05, 3.63) is 71.0 Å². The molecule has 1 heterocycles. The molecule has 1 atom stereocenters. The summed E-state index contributed by atoms with van der Waals surface area (Å²) in [6, 6.07) is 14.1. The van der Waals surface area contributed by atoms with Gasteiger partial charge in [-0.2, -0.15) is 0 Å². The van der Waals surface area contributed by atoms with Crippen molar-refractivity contribution in [1.29, 1.82) is 10.8 Å². The van der Waals surface area contributed by atoms with Gasteiger partial charge in [0, 0.05) is 23.3 Å². The van der Waals surface area contributed by atoms with Gasteiger partial charge >= 0.3 is 0 Å². The van der Waals surface area contributed by atoms with Crippen LogP contribution in [-0.4, -0.2) is 36.7 Å². The van der Waals surface area contributed by atoms with E-state index in [0.717, 1.165) is 22.9 Å². The summed E-state index contributed by atoms with van der Waals surface area (Å²) in [5.41, 5.74) is 2.94. The van der Waals surface area contributed by atoms with Crippen molar-refractivity contribution in [3.8, 4) is 22.8 Å². The summed E-state index contributed by atoms with van der Waals surface area (Å²) in [7, 11) is 3.18. The van der Waals surface area contributed by atoms with Gasteiger partial charge in [0.25, 0.3) is 0 Å². The van der Waals surface area contributed by atoms with Crippen LogP contribution in [0, 0.1) is 17.7 Å². The molecule has 2 N–H and O–H groups in total. The molecule has 8 heteroatoms. The fraction of sp³-hybridized carbons (Fsp3) is 0.269. The zero-order valence-corrected chi connectivity index (χ0v) is 20.7. The van der Waals surface area contributed by atoms with E-state index in [4.69, 9.17) is 29.4 Å². The minimum atomic E-state index is -0.841. The summed E-state index contributed by atoms with van der Waals surface area (Å²) in [6.45, 7) is 5.71. The predicted octanol–water partition coefficient (Wildman–Crippen LogP) is 6.29. The molecule has 3 aromatic rings. The summed E-state index contributed by atoms with van der Waals surface area (Å²) in [5, 5.41) is 16.2. The molecule has 2 aromatic carbocycles. The number of ether oxygens (including phenoxy) is 3. The molecule has 0 aliphatic carbocycles. The van der Waals surface area contributed by atoms with Crippen molar-refractivity contribution >= 4 is 27.6 Å². The third-order valence-electron chi connectivity index (χ3n) is 5.19. The van der Waals surface area contributed by atoms with E-state index in [0.29, 0.717) is 40.0 Å². The molecule has 178 valence electrons. The monoisotopic (exact) mass is 480 g/mol. The fourth-order valence-electron chi connectivity index (χ4n) is 3.49. The molecule has 34 heavy (non-hydrogen) atoms. The lowest BCUT2D eigenvalue weighted by Crippen LogP contribution is -2.16. The van der Waals surface area contributed by atoms with Crippen LogP contribution < -0.4 is 9.47 Å². The van der Waals surface area contributed by atoms with Gasteiger partial charge in [-0.15, -0.1) is 0 Å². The number of carbonyl (C=O) groups is 1. The number of Topliss-reactive ketones (excluding diaryl/α,β-unsaturated/α-hetero) is 1. The highest BCUT2D eigenvalue weighted by Gasteiger charge is 2.26. The zero-order chi connectivity index (χ0) is 24.8. The molecule has 0 radical (unpaired) electrons. The van der Waals surface area contributed by atoms with Gasteiger partial charge in [-0.3, -0.25) is 15.6 Å². The summed E-state index contributed by atoms with van der Waals surface area (Å²) < 4.78 is 22.6. The van der Waals surface area contributed by atoms with E-state index in [1.165, 1.54) is 0 Å². The second kappa shape index (κ2) is 11.2. The van der Waals surface area contributed by atoms with E-state index >= 15 is 0 Å². The maximum Gasteiger partial charge on any atom is 0.231 e. The lowest BCUT2D eigenvalue weighted by molar-refractivity contribution is 0.0428. The molecule has 0 spiro atoms. The normalized spacial score (nSPS) is 11.7. The molecule has 0 fully saturated rings. The maximum absolute atomic E-state index is 13.3. The van der Waals surface area contributed by atoms with Crippen LogP contribution in [0.1, 0.15) is 47.2 Å². The van der Waals surface area contributed by atoms with Crippen LogP contribution in [0.4, 0.5) is 0 Å². The Morgan fingerprint density at radius 3 is 2.18 bits per heavy atom. The van der Waals surface area contributed by atoms with Crippen molar-refractivity contribution in [2.24, 2.45) is 0 Å². The Hall–Kier alpha value is -3.36. The number of benzene rings is 2. The highest BCUT2D eigenvalue weighted by Crippen LogP contribution is 2.35. The second-order valence-corrected chi connectivity index (χ2v) is 8.70. The molecule has 0 saturated carbocycles. The minimum Gasteiger partial charge on any atom is -0.496 e. The molecule has 1 unspecified atom stereocenters. The van der Waals surface area contributed by atoms with Crippen LogP contribution >= 0.6 is 11.8 Å². The summed E-state index contributed by atoms with van der Waals surface area (Å²) in [5.74, 6) is 1.71. The van der Waals surface area contributed by atoms with Crippen LogP contribution in [0.3, 0.4) is 0 Å². The predicted molar refractivity (Wildman–Crippen MR) is 135 cm³/mol. The summed E-state index contributed by atoms with van der Waals surface area (Å²) in [6.07, 6.45) is -0.841. The lowest BCUT2D eigenvalue weighted by atomic mass is 10.0. The van der Waals surface area contributed by atoms with Gasteiger partial charge in [0.1, 0.15) is 28.4 Å². The van der Waals surface area contributed by atoms with Gasteiger partial charge in [0.2, 0.25) is 5.78 Å². The summed E-state index contributed by atoms with van der Waals surface area (Å²) >= 11 is 1.08. The molecule has 7 nitrogen and oxygen atoms in total. The van der Waals surface area contributed by atoms with E-state index in [1.54, 1.807) is 57.5 Å². The summed E-state index contributed by atoms with van der Waals surface area (Å²) in [4.78, 5) is 13.3. The molecular weight excluding hydrogens is 452 g/mol. The van der Waals surface area contributed by atoms with Gasteiger partial charge < -0.3 is 18.6 Å². The topological polar surface area (TPSA) is 106 Å². The first-order valence-corrected chi connectivity index (χ1v) is 11.5. The number of nitrogens with one attached hydrogen (secondary N) is 2. The van der Waals surface area contributed by atoms with E-state index in [-0.39, 0.29) is 16.6 Å². The average molecular weight is 481 g/mol. The molecule has 0 amide bonds. The number of hydrogen-bond acceptors (Lipinski definition) is 8. The van der Waals surface area contributed by atoms with E-state index in [9.17, 15) is 4.79 Å². The Morgan fingerprint density at radius 2 is 1.65 bits per heavy atom. The Kier molecular flexibility index (Phi) is 8.31. The number of carbonyl (C=O) groups excluding carboxylic acids is 1. The second-order valence-electron chi connectivity index (χ2n) is 7.48. The Labute approximate surface area is 203 Å². The van der Waals surface area contributed by atoms with E-state index in [1.807, 2.05) is 26.0 Å². The quantitative estimate of drug-likeness (QED) is 0.212. The number of hydrogen-bond donors (Lipinski definition) is 2. The van der Waals surface area contributed by atoms with Crippen LogP contribution in [0.15, 0.2) is 52.9 Å². The Balaban J connectivity index is 1.88. The minimum absolute atomic E-state index is 0.179. The maximum atomic E-state index is 13.3. The van der Waals surface area contributed by atoms with Crippen LogP contribution in [-0.2, 0) is 4.74 Å². The smallest absolute Gasteiger partial charge is 0.231 e. The Morgan fingerprint density at radius 1 is 1.03 bits per heavy atom. The van der Waals surface area contributed by atoms with Gasteiger partial charge in [-0.1, -0.05) is 36.0 Å². The molecular formula is C26H28N2O5S. The standard InChI is InChI=1S/C26H28N2O5S/c1-6-32-25(17-7-9-18(10-8-17)26(28)34-16(3)27)24(29)21-12-11-20(33-21)19-13-22(30-4)15(2)23(14-19)31-5/h7-14,25,27-28H,6H2,1-5H3. The molecule has 3 rings (SSSR count).